The smallest absolute Gasteiger partial charge is 0.234 e. The number of carbonyl (C=O) groups excluding carboxylic acids is 1. The Labute approximate surface area is 163 Å². The molecule has 0 saturated heterocycles. The Balaban J connectivity index is 1.62. The fourth-order valence-corrected chi connectivity index (χ4v) is 4.73. The Hall–Kier alpha value is -1.57. The van der Waals surface area contributed by atoms with Gasteiger partial charge in [-0.2, -0.15) is 0 Å². The Kier molecular flexibility index (Phi) is 5.98. The van der Waals surface area contributed by atoms with Gasteiger partial charge in [0.25, 0.3) is 0 Å². The monoisotopic (exact) mass is 436 g/mol. The second kappa shape index (κ2) is 8.21. The van der Waals surface area contributed by atoms with E-state index in [4.69, 9.17) is 4.74 Å². The fraction of sp³-hybridized carbons (Fsp3) is 0.222. The van der Waals surface area contributed by atoms with Crippen LogP contribution in [0, 0.1) is 6.92 Å². The number of amides is 1. The Morgan fingerprint density at radius 2 is 2.16 bits per heavy atom. The van der Waals surface area contributed by atoms with Crippen molar-refractivity contribution in [2.75, 3.05) is 17.7 Å². The van der Waals surface area contributed by atoms with Gasteiger partial charge < -0.3 is 10.1 Å². The number of hydrogen-bond acceptors (Lipinski definition) is 5. The fourth-order valence-electron chi connectivity index (χ4n) is 2.24. The molecule has 0 bridgehead atoms. The third-order valence-corrected chi connectivity index (χ3v) is 6.19. The molecule has 1 amide bonds. The summed E-state index contributed by atoms with van der Waals surface area (Å²) in [6, 6.07) is 11.7. The molecule has 0 radical (unpaired) electrons. The standard InChI is InChI=1S/C18H17BrN2O2S2/c1-3-23-12-5-7-15-16(9-12)25-18(21-15)24-10-17(22)20-14-6-4-11(2)8-13(14)19/h4-9H,3,10H2,1-2H3,(H,20,22). The van der Waals surface area contributed by atoms with Gasteiger partial charge in [0.2, 0.25) is 5.91 Å². The first kappa shape index (κ1) is 18.2. The number of halogens is 1. The van der Waals surface area contributed by atoms with E-state index in [1.165, 1.54) is 11.8 Å². The van der Waals surface area contributed by atoms with Gasteiger partial charge in [0.15, 0.2) is 4.34 Å². The van der Waals surface area contributed by atoms with Gasteiger partial charge in [-0.15, -0.1) is 11.3 Å². The van der Waals surface area contributed by atoms with Crippen LogP contribution in [0.15, 0.2) is 45.2 Å². The molecule has 0 saturated carbocycles. The number of thioether (sulfide) groups is 1. The summed E-state index contributed by atoms with van der Waals surface area (Å²) in [7, 11) is 0. The number of carbonyl (C=O) groups is 1. The number of ether oxygens (including phenoxy) is 1. The second-order valence-corrected chi connectivity index (χ2v) is 8.47. The highest BCUT2D eigenvalue weighted by Crippen LogP contribution is 2.32. The molecule has 130 valence electrons. The zero-order valence-corrected chi connectivity index (χ0v) is 17.1. The number of hydrogen-bond donors (Lipinski definition) is 1. The van der Waals surface area contributed by atoms with Crippen molar-refractivity contribution in [3.63, 3.8) is 0 Å². The molecule has 0 aliphatic heterocycles. The molecule has 0 unspecified atom stereocenters. The molecule has 3 aromatic rings. The number of nitrogens with one attached hydrogen (secondary N) is 1. The number of nitrogens with zero attached hydrogens (tertiary/aromatic N) is 1. The van der Waals surface area contributed by atoms with E-state index in [-0.39, 0.29) is 5.91 Å². The van der Waals surface area contributed by atoms with Gasteiger partial charge in [-0.25, -0.2) is 4.98 Å². The lowest BCUT2D eigenvalue weighted by Gasteiger charge is -2.07. The molecule has 0 aliphatic rings. The van der Waals surface area contributed by atoms with Crippen molar-refractivity contribution < 1.29 is 9.53 Å². The zero-order chi connectivity index (χ0) is 17.8. The maximum Gasteiger partial charge on any atom is 0.234 e. The molecular formula is C18H17BrN2O2S2. The van der Waals surface area contributed by atoms with Crippen molar-refractivity contribution in [1.82, 2.24) is 4.98 Å². The third kappa shape index (κ3) is 4.74. The number of aryl methyl sites for hydroxylation is 1. The first-order valence-electron chi connectivity index (χ1n) is 7.77. The lowest BCUT2D eigenvalue weighted by atomic mass is 10.2. The molecule has 7 heteroatoms. The van der Waals surface area contributed by atoms with E-state index in [0.29, 0.717) is 12.4 Å². The summed E-state index contributed by atoms with van der Waals surface area (Å²) in [6.45, 7) is 4.61. The van der Waals surface area contributed by atoms with E-state index in [2.05, 4.69) is 26.2 Å². The summed E-state index contributed by atoms with van der Waals surface area (Å²) in [6.07, 6.45) is 0. The predicted octanol–water partition coefficient (Wildman–Crippen LogP) is 5.50. The van der Waals surface area contributed by atoms with Crippen LogP contribution in [-0.4, -0.2) is 23.3 Å². The number of aromatic nitrogens is 1. The quantitative estimate of drug-likeness (QED) is 0.518. The number of rotatable bonds is 6. The van der Waals surface area contributed by atoms with Crippen LogP contribution in [0.4, 0.5) is 5.69 Å². The van der Waals surface area contributed by atoms with E-state index in [9.17, 15) is 4.79 Å². The third-order valence-electron chi connectivity index (χ3n) is 3.38. The summed E-state index contributed by atoms with van der Waals surface area (Å²) < 4.78 is 8.34. The lowest BCUT2D eigenvalue weighted by Crippen LogP contribution is -2.14. The second-order valence-electron chi connectivity index (χ2n) is 5.36. The van der Waals surface area contributed by atoms with E-state index in [1.807, 2.05) is 50.2 Å². The molecule has 4 nitrogen and oxygen atoms in total. The first-order valence-corrected chi connectivity index (χ1v) is 10.4. The topological polar surface area (TPSA) is 51.2 Å². The zero-order valence-electron chi connectivity index (χ0n) is 13.8. The molecule has 1 aromatic heterocycles. The Morgan fingerprint density at radius 3 is 2.92 bits per heavy atom. The molecule has 2 aromatic carbocycles. The molecule has 0 spiro atoms. The van der Waals surface area contributed by atoms with Crippen molar-refractivity contribution in [2.45, 2.75) is 18.2 Å². The minimum absolute atomic E-state index is 0.0520. The molecule has 1 heterocycles. The van der Waals surface area contributed by atoms with Gasteiger partial charge >= 0.3 is 0 Å². The first-order chi connectivity index (χ1) is 12.0. The molecule has 25 heavy (non-hydrogen) atoms. The van der Waals surface area contributed by atoms with Gasteiger partial charge in [0.1, 0.15) is 5.75 Å². The minimum atomic E-state index is -0.0520. The number of thiazole rings is 1. The molecule has 0 aliphatic carbocycles. The highest BCUT2D eigenvalue weighted by molar-refractivity contribution is 9.10. The van der Waals surface area contributed by atoms with E-state index in [0.717, 1.165) is 36.0 Å². The van der Waals surface area contributed by atoms with Gasteiger partial charge in [0.05, 0.1) is 28.3 Å². The number of anilines is 1. The van der Waals surface area contributed by atoms with Crippen molar-refractivity contribution >= 4 is 60.8 Å². The van der Waals surface area contributed by atoms with Crippen LogP contribution >= 0.6 is 39.0 Å². The van der Waals surface area contributed by atoms with Crippen LogP contribution in [0.3, 0.4) is 0 Å². The molecule has 3 rings (SSSR count). The van der Waals surface area contributed by atoms with Crippen molar-refractivity contribution in [3.05, 3.63) is 46.4 Å². The highest BCUT2D eigenvalue weighted by Gasteiger charge is 2.10. The van der Waals surface area contributed by atoms with E-state index in [1.54, 1.807) is 11.3 Å². The van der Waals surface area contributed by atoms with E-state index >= 15 is 0 Å². The predicted molar refractivity (Wildman–Crippen MR) is 109 cm³/mol. The summed E-state index contributed by atoms with van der Waals surface area (Å²) in [5.41, 5.74) is 2.85. The maximum absolute atomic E-state index is 12.2. The average molecular weight is 437 g/mol. The van der Waals surface area contributed by atoms with Crippen LogP contribution in [0.25, 0.3) is 10.2 Å². The normalized spacial score (nSPS) is 10.8. The summed E-state index contributed by atoms with van der Waals surface area (Å²) in [4.78, 5) is 16.7. The molecule has 0 atom stereocenters. The average Bonchev–Trinajstić information content (AvgIpc) is 2.98. The van der Waals surface area contributed by atoms with Gasteiger partial charge in [-0.3, -0.25) is 4.79 Å². The SMILES string of the molecule is CCOc1ccc2nc(SCC(=O)Nc3ccc(C)cc3Br)sc2c1. The summed E-state index contributed by atoms with van der Waals surface area (Å²) in [5, 5.41) is 2.92. The van der Waals surface area contributed by atoms with E-state index < -0.39 is 0 Å². The summed E-state index contributed by atoms with van der Waals surface area (Å²) in [5.74, 6) is 1.11. The Bertz CT molecular complexity index is 911. The van der Waals surface area contributed by atoms with Crippen molar-refractivity contribution in [3.8, 4) is 5.75 Å². The molecule has 1 N–H and O–H groups in total. The highest BCUT2D eigenvalue weighted by atomic mass is 79.9. The number of fused-ring (bicyclic) bond motifs is 1. The van der Waals surface area contributed by atoms with Gasteiger partial charge in [0, 0.05) is 4.47 Å². The van der Waals surface area contributed by atoms with Crippen molar-refractivity contribution in [1.29, 1.82) is 0 Å². The largest absolute Gasteiger partial charge is 0.494 e. The van der Waals surface area contributed by atoms with Crippen LogP contribution in [0.1, 0.15) is 12.5 Å². The van der Waals surface area contributed by atoms with Gasteiger partial charge in [-0.05, 0) is 65.7 Å². The van der Waals surface area contributed by atoms with Crippen molar-refractivity contribution in [2.24, 2.45) is 0 Å². The van der Waals surface area contributed by atoms with Gasteiger partial charge in [-0.1, -0.05) is 17.8 Å². The minimum Gasteiger partial charge on any atom is -0.494 e. The molecule has 0 fully saturated rings. The summed E-state index contributed by atoms with van der Waals surface area (Å²) >= 11 is 6.48. The number of benzene rings is 2. The Morgan fingerprint density at radius 1 is 1.32 bits per heavy atom. The lowest BCUT2D eigenvalue weighted by molar-refractivity contribution is -0.113. The maximum atomic E-state index is 12.2. The molecular weight excluding hydrogens is 420 g/mol. The van der Waals surface area contributed by atoms with Crippen LogP contribution in [0.2, 0.25) is 0 Å². The van der Waals surface area contributed by atoms with Crippen LogP contribution in [0.5, 0.6) is 5.75 Å². The van der Waals surface area contributed by atoms with Crippen LogP contribution < -0.4 is 10.1 Å². The van der Waals surface area contributed by atoms with Crippen LogP contribution in [-0.2, 0) is 4.79 Å².